The number of imidazole rings is 1. The van der Waals surface area contributed by atoms with Gasteiger partial charge in [0.05, 0.1) is 18.4 Å². The molecule has 1 saturated heterocycles. The summed E-state index contributed by atoms with van der Waals surface area (Å²) in [6.07, 6.45) is 8.36. The van der Waals surface area contributed by atoms with Crippen LogP contribution in [0.15, 0.2) is 48.9 Å². The lowest BCUT2D eigenvalue weighted by Gasteiger charge is -2.24. The molecule has 1 aromatic carbocycles. The molecule has 5 nitrogen and oxygen atoms in total. The van der Waals surface area contributed by atoms with Crippen LogP contribution < -0.4 is 0 Å². The van der Waals surface area contributed by atoms with Crippen LogP contribution in [-0.2, 0) is 6.54 Å². The molecule has 5 heteroatoms. The summed E-state index contributed by atoms with van der Waals surface area (Å²) in [5.41, 5.74) is 3.48. The van der Waals surface area contributed by atoms with Gasteiger partial charge in [-0.15, -0.1) is 0 Å². The van der Waals surface area contributed by atoms with Crippen LogP contribution in [0.4, 0.5) is 0 Å². The summed E-state index contributed by atoms with van der Waals surface area (Å²) in [6.45, 7) is 1.64. The van der Waals surface area contributed by atoms with E-state index >= 15 is 0 Å². The van der Waals surface area contributed by atoms with Crippen LogP contribution in [0.5, 0.6) is 0 Å². The highest BCUT2D eigenvalue weighted by molar-refractivity contribution is 5.96. The number of hydrogen-bond donors (Lipinski definition) is 0. The smallest absolute Gasteiger partial charge is 0.255 e. The number of rotatable bonds is 3. The number of carbonyl (C=O) groups excluding carboxylic acids is 1. The summed E-state index contributed by atoms with van der Waals surface area (Å²) in [6, 6.07) is 12.6. The molecule has 0 radical (unpaired) electrons. The lowest BCUT2D eigenvalue weighted by atomic mass is 9.90. The maximum atomic E-state index is 13.0. The Morgan fingerprint density at radius 1 is 1.15 bits per heavy atom. The van der Waals surface area contributed by atoms with E-state index in [2.05, 4.69) is 27.0 Å². The number of amides is 1. The van der Waals surface area contributed by atoms with Crippen molar-refractivity contribution in [2.45, 2.75) is 38.3 Å². The summed E-state index contributed by atoms with van der Waals surface area (Å²) in [5, 5.41) is 0. The molecule has 3 heterocycles. The molecule has 2 aromatic heterocycles. The van der Waals surface area contributed by atoms with Gasteiger partial charge in [-0.3, -0.25) is 4.79 Å². The molecular weight excluding hydrogens is 324 g/mol. The molecular formula is C21H22N4O. The Hall–Kier alpha value is -2.69. The molecule has 0 spiro atoms. The fraction of sp³-hybridized carbons (Fsp3) is 0.381. The topological polar surface area (TPSA) is 51.0 Å². The Balaban J connectivity index is 1.41. The zero-order valence-corrected chi connectivity index (χ0v) is 14.7. The first-order valence-electron chi connectivity index (χ1n) is 9.44. The second-order valence-electron chi connectivity index (χ2n) is 7.57. The van der Waals surface area contributed by atoms with E-state index in [0.717, 1.165) is 30.7 Å². The van der Waals surface area contributed by atoms with Crippen molar-refractivity contribution in [2.24, 2.45) is 5.92 Å². The molecule has 26 heavy (non-hydrogen) atoms. The molecule has 2 fully saturated rings. The molecule has 2 atom stereocenters. The number of carbonyl (C=O) groups is 1. The maximum absolute atomic E-state index is 13.0. The SMILES string of the molecule is O=C(c1cnc2c(c1)ncn2Cc1ccccc1)N1C[C@@H]2CCC[C@H]1C2. The van der Waals surface area contributed by atoms with Crippen molar-refractivity contribution < 1.29 is 4.79 Å². The fourth-order valence-corrected chi connectivity index (χ4v) is 4.51. The van der Waals surface area contributed by atoms with Gasteiger partial charge < -0.3 is 9.47 Å². The van der Waals surface area contributed by atoms with Crippen molar-refractivity contribution in [3.63, 3.8) is 0 Å². The summed E-state index contributed by atoms with van der Waals surface area (Å²) in [7, 11) is 0. The fourth-order valence-electron chi connectivity index (χ4n) is 4.51. The third-order valence-electron chi connectivity index (χ3n) is 5.81. The molecule has 132 valence electrons. The average Bonchev–Trinajstić information content (AvgIpc) is 3.21. The number of hydrogen-bond acceptors (Lipinski definition) is 3. The first-order valence-corrected chi connectivity index (χ1v) is 9.44. The minimum atomic E-state index is 0.117. The van der Waals surface area contributed by atoms with Crippen molar-refractivity contribution in [1.29, 1.82) is 0 Å². The lowest BCUT2D eigenvalue weighted by molar-refractivity contribution is 0.0733. The first kappa shape index (κ1) is 15.6. The van der Waals surface area contributed by atoms with Crippen molar-refractivity contribution in [1.82, 2.24) is 19.4 Å². The van der Waals surface area contributed by atoms with Crippen molar-refractivity contribution in [3.8, 4) is 0 Å². The van der Waals surface area contributed by atoms with Gasteiger partial charge in [0.25, 0.3) is 5.91 Å². The average molecular weight is 346 g/mol. The molecule has 1 aliphatic heterocycles. The number of aromatic nitrogens is 3. The Morgan fingerprint density at radius 3 is 2.88 bits per heavy atom. The van der Waals surface area contributed by atoms with Gasteiger partial charge in [0.1, 0.15) is 5.52 Å². The maximum Gasteiger partial charge on any atom is 0.255 e. The molecule has 5 rings (SSSR count). The third kappa shape index (κ3) is 2.68. The Kier molecular flexibility index (Phi) is 3.73. The number of benzene rings is 1. The van der Waals surface area contributed by atoms with Gasteiger partial charge in [-0.1, -0.05) is 36.8 Å². The van der Waals surface area contributed by atoms with Crippen LogP contribution >= 0.6 is 0 Å². The van der Waals surface area contributed by atoms with Gasteiger partial charge >= 0.3 is 0 Å². The van der Waals surface area contributed by atoms with E-state index in [1.807, 2.05) is 35.2 Å². The van der Waals surface area contributed by atoms with E-state index in [0.29, 0.717) is 17.5 Å². The molecule has 2 bridgehead atoms. The van der Waals surface area contributed by atoms with E-state index < -0.39 is 0 Å². The molecule has 1 amide bonds. The molecule has 1 saturated carbocycles. The van der Waals surface area contributed by atoms with E-state index in [9.17, 15) is 4.79 Å². The standard InChI is InChI=1S/C21H22N4O/c26-21(25-13-16-7-4-8-18(25)9-16)17-10-19-20(22-11-17)24(14-23-19)12-15-5-2-1-3-6-15/h1-3,5-6,10-11,14,16,18H,4,7-9,12-13H2/t16-,18+/m1/s1. The lowest BCUT2D eigenvalue weighted by Crippen LogP contribution is -2.35. The van der Waals surface area contributed by atoms with E-state index in [4.69, 9.17) is 0 Å². The summed E-state index contributed by atoms with van der Waals surface area (Å²) in [5.74, 6) is 0.811. The van der Waals surface area contributed by atoms with Gasteiger partial charge in [0, 0.05) is 18.8 Å². The van der Waals surface area contributed by atoms with Crippen molar-refractivity contribution in [2.75, 3.05) is 6.54 Å². The number of fused-ring (bicyclic) bond motifs is 3. The molecule has 3 aromatic rings. The van der Waals surface area contributed by atoms with Crippen LogP contribution in [0.2, 0.25) is 0 Å². The monoisotopic (exact) mass is 346 g/mol. The second kappa shape index (κ2) is 6.24. The highest BCUT2D eigenvalue weighted by Gasteiger charge is 2.38. The Labute approximate surface area is 152 Å². The summed E-state index contributed by atoms with van der Waals surface area (Å²) in [4.78, 5) is 24.1. The third-order valence-corrected chi connectivity index (χ3v) is 5.81. The largest absolute Gasteiger partial charge is 0.335 e. The Morgan fingerprint density at radius 2 is 2.04 bits per heavy atom. The molecule has 0 unspecified atom stereocenters. The van der Waals surface area contributed by atoms with Crippen LogP contribution in [-0.4, -0.2) is 37.9 Å². The van der Waals surface area contributed by atoms with Gasteiger partial charge in [-0.25, -0.2) is 9.97 Å². The van der Waals surface area contributed by atoms with Gasteiger partial charge in [-0.2, -0.15) is 0 Å². The summed E-state index contributed by atoms with van der Waals surface area (Å²) < 4.78 is 2.03. The highest BCUT2D eigenvalue weighted by Crippen LogP contribution is 2.36. The van der Waals surface area contributed by atoms with Crippen molar-refractivity contribution in [3.05, 3.63) is 60.0 Å². The zero-order valence-electron chi connectivity index (χ0n) is 14.7. The highest BCUT2D eigenvalue weighted by atomic mass is 16.2. The van der Waals surface area contributed by atoms with Gasteiger partial charge in [-0.05, 0) is 36.8 Å². The van der Waals surface area contributed by atoms with Gasteiger partial charge in [0.15, 0.2) is 5.65 Å². The normalized spacial score (nSPS) is 22.1. The van der Waals surface area contributed by atoms with Crippen molar-refractivity contribution >= 4 is 17.1 Å². The van der Waals surface area contributed by atoms with E-state index in [-0.39, 0.29) is 5.91 Å². The molecule has 0 N–H and O–H groups in total. The number of nitrogens with zero attached hydrogens (tertiary/aromatic N) is 4. The first-order chi connectivity index (χ1) is 12.8. The van der Waals surface area contributed by atoms with E-state index in [1.54, 1.807) is 6.20 Å². The predicted octanol–water partition coefficient (Wildman–Crippen LogP) is 3.49. The molecule has 2 aliphatic rings. The van der Waals surface area contributed by atoms with Crippen LogP contribution in [0.3, 0.4) is 0 Å². The number of pyridine rings is 1. The minimum absolute atomic E-state index is 0.117. The summed E-state index contributed by atoms with van der Waals surface area (Å²) >= 11 is 0. The Bertz CT molecular complexity index is 949. The second-order valence-corrected chi connectivity index (χ2v) is 7.57. The van der Waals surface area contributed by atoms with Crippen LogP contribution in [0.1, 0.15) is 41.6 Å². The minimum Gasteiger partial charge on any atom is -0.335 e. The molecule has 1 aliphatic carbocycles. The number of likely N-dealkylation sites (tertiary alicyclic amines) is 1. The zero-order chi connectivity index (χ0) is 17.5. The van der Waals surface area contributed by atoms with Crippen LogP contribution in [0.25, 0.3) is 11.2 Å². The quantitative estimate of drug-likeness (QED) is 0.729. The van der Waals surface area contributed by atoms with Gasteiger partial charge in [0.2, 0.25) is 0 Å². The predicted molar refractivity (Wildman–Crippen MR) is 99.9 cm³/mol. The van der Waals surface area contributed by atoms with E-state index in [1.165, 1.54) is 24.8 Å². The van der Waals surface area contributed by atoms with Crippen LogP contribution in [0, 0.1) is 5.92 Å².